The van der Waals surface area contributed by atoms with Crippen LogP contribution in [0.15, 0.2) is 6.20 Å². The summed E-state index contributed by atoms with van der Waals surface area (Å²) >= 11 is 0. The van der Waals surface area contributed by atoms with Crippen LogP contribution in [0.1, 0.15) is 31.0 Å². The molecule has 1 saturated heterocycles. The molecule has 1 unspecified atom stereocenters. The van der Waals surface area contributed by atoms with Gasteiger partial charge in [-0.3, -0.25) is 14.4 Å². The highest BCUT2D eigenvalue weighted by atomic mass is 16.5. The number of carbonyl (C=O) groups excluding carboxylic acids is 1. The minimum absolute atomic E-state index is 0.0496. The maximum atomic E-state index is 11.9. The van der Waals surface area contributed by atoms with Gasteiger partial charge in [0.25, 0.3) is 0 Å². The summed E-state index contributed by atoms with van der Waals surface area (Å²) in [4.78, 5) is 13.9. The highest BCUT2D eigenvalue weighted by Crippen LogP contribution is 2.11. The predicted molar refractivity (Wildman–Crippen MR) is 81.0 cm³/mol. The number of nitrogens with one attached hydrogen (secondary N) is 1. The molecule has 0 aromatic carbocycles. The zero-order chi connectivity index (χ0) is 15.2. The average molecular weight is 294 g/mol. The minimum Gasteiger partial charge on any atom is -0.376 e. The molecule has 1 N–H and O–H groups in total. The summed E-state index contributed by atoms with van der Waals surface area (Å²) < 4.78 is 7.42. The molecule has 0 bridgehead atoms. The molecule has 1 aliphatic rings. The van der Waals surface area contributed by atoms with Crippen LogP contribution >= 0.6 is 0 Å². The Bertz CT molecular complexity index is 466. The van der Waals surface area contributed by atoms with Gasteiger partial charge in [0.1, 0.15) is 0 Å². The van der Waals surface area contributed by atoms with E-state index in [4.69, 9.17) is 4.74 Å². The number of hydrogen-bond donors (Lipinski definition) is 1. The van der Waals surface area contributed by atoms with Crippen molar-refractivity contribution in [3.63, 3.8) is 0 Å². The third kappa shape index (κ3) is 4.82. The van der Waals surface area contributed by atoms with E-state index in [0.29, 0.717) is 13.1 Å². The van der Waals surface area contributed by atoms with Crippen LogP contribution in [0.2, 0.25) is 0 Å². The Morgan fingerprint density at radius 1 is 1.62 bits per heavy atom. The van der Waals surface area contributed by atoms with Gasteiger partial charge in [-0.15, -0.1) is 0 Å². The molecular formula is C15H26N4O2. The first-order valence-electron chi connectivity index (χ1n) is 7.68. The summed E-state index contributed by atoms with van der Waals surface area (Å²) in [5.74, 6) is 0.0496. The highest BCUT2D eigenvalue weighted by molar-refractivity contribution is 5.78. The van der Waals surface area contributed by atoms with Crippen molar-refractivity contribution in [1.29, 1.82) is 0 Å². The summed E-state index contributed by atoms with van der Waals surface area (Å²) in [5.41, 5.74) is 2.20. The second-order valence-corrected chi connectivity index (χ2v) is 5.71. The fourth-order valence-corrected chi connectivity index (χ4v) is 2.56. The first kappa shape index (κ1) is 16.0. The molecule has 6 nitrogen and oxygen atoms in total. The average Bonchev–Trinajstić information content (AvgIpc) is 3.07. The Kier molecular flexibility index (Phi) is 5.76. The van der Waals surface area contributed by atoms with Crippen molar-refractivity contribution < 1.29 is 9.53 Å². The van der Waals surface area contributed by atoms with Gasteiger partial charge in [0.05, 0.1) is 18.3 Å². The number of amides is 1. The first-order chi connectivity index (χ1) is 10.1. The molecule has 2 rings (SSSR count). The molecular weight excluding hydrogens is 268 g/mol. The fourth-order valence-electron chi connectivity index (χ4n) is 2.56. The second-order valence-electron chi connectivity index (χ2n) is 5.71. The molecule has 6 heteroatoms. The van der Waals surface area contributed by atoms with Crippen LogP contribution in [0, 0.1) is 6.92 Å². The van der Waals surface area contributed by atoms with Crippen molar-refractivity contribution in [3.8, 4) is 0 Å². The third-order valence-corrected chi connectivity index (χ3v) is 3.78. The Labute approximate surface area is 126 Å². The molecule has 2 heterocycles. The summed E-state index contributed by atoms with van der Waals surface area (Å²) in [7, 11) is 1.95. The maximum absolute atomic E-state index is 11.9. The number of carbonyl (C=O) groups is 1. The van der Waals surface area contributed by atoms with Gasteiger partial charge in [-0.1, -0.05) is 0 Å². The van der Waals surface area contributed by atoms with Gasteiger partial charge in [-0.05, 0) is 33.7 Å². The van der Waals surface area contributed by atoms with E-state index in [2.05, 4.69) is 23.5 Å². The Hall–Kier alpha value is -1.40. The number of rotatable bonds is 7. The number of ether oxygens (including phenoxy) is 1. The SMILES string of the molecule is CCn1cc(CN(C)CC(=O)NCC2CCCO2)c(C)n1. The van der Waals surface area contributed by atoms with E-state index in [-0.39, 0.29) is 12.0 Å². The van der Waals surface area contributed by atoms with E-state index in [9.17, 15) is 4.79 Å². The van der Waals surface area contributed by atoms with Crippen LogP contribution in [0.4, 0.5) is 0 Å². The molecule has 21 heavy (non-hydrogen) atoms. The number of likely N-dealkylation sites (N-methyl/N-ethyl adjacent to an activating group) is 1. The van der Waals surface area contributed by atoms with Crippen LogP contribution in [0.3, 0.4) is 0 Å². The standard InChI is InChI=1S/C15H26N4O2/c1-4-19-10-13(12(2)17-19)9-18(3)11-15(20)16-8-14-6-5-7-21-14/h10,14H,4-9,11H2,1-3H3,(H,16,20). The molecule has 1 fully saturated rings. The Balaban J connectivity index is 1.73. The molecule has 0 aliphatic carbocycles. The van der Waals surface area contributed by atoms with Crippen LogP contribution in [0.5, 0.6) is 0 Å². The van der Waals surface area contributed by atoms with E-state index >= 15 is 0 Å². The van der Waals surface area contributed by atoms with Crippen LogP contribution in [-0.4, -0.2) is 53.4 Å². The van der Waals surface area contributed by atoms with Gasteiger partial charge >= 0.3 is 0 Å². The zero-order valence-corrected chi connectivity index (χ0v) is 13.3. The van der Waals surface area contributed by atoms with E-state index < -0.39 is 0 Å². The molecule has 118 valence electrons. The van der Waals surface area contributed by atoms with Gasteiger partial charge in [-0.2, -0.15) is 5.10 Å². The molecule has 1 amide bonds. The number of aromatic nitrogens is 2. The third-order valence-electron chi connectivity index (χ3n) is 3.78. The number of aryl methyl sites for hydroxylation is 2. The topological polar surface area (TPSA) is 59.4 Å². The lowest BCUT2D eigenvalue weighted by atomic mass is 10.2. The predicted octanol–water partition coefficient (Wildman–Crippen LogP) is 0.938. The molecule has 0 radical (unpaired) electrons. The van der Waals surface area contributed by atoms with Gasteiger partial charge in [-0.25, -0.2) is 0 Å². The molecule has 1 aliphatic heterocycles. The van der Waals surface area contributed by atoms with Gasteiger partial charge in [0.2, 0.25) is 5.91 Å². The zero-order valence-electron chi connectivity index (χ0n) is 13.3. The Morgan fingerprint density at radius 2 is 2.43 bits per heavy atom. The fraction of sp³-hybridized carbons (Fsp3) is 0.733. The lowest BCUT2D eigenvalue weighted by Crippen LogP contribution is -2.38. The van der Waals surface area contributed by atoms with Gasteiger partial charge in [0, 0.05) is 38.0 Å². The molecule has 0 spiro atoms. The van der Waals surface area contributed by atoms with Crippen molar-refractivity contribution >= 4 is 5.91 Å². The highest BCUT2D eigenvalue weighted by Gasteiger charge is 2.17. The largest absolute Gasteiger partial charge is 0.376 e. The maximum Gasteiger partial charge on any atom is 0.234 e. The molecule has 1 aromatic rings. The summed E-state index contributed by atoms with van der Waals surface area (Å²) in [6, 6.07) is 0. The van der Waals surface area contributed by atoms with E-state index in [1.165, 1.54) is 5.56 Å². The first-order valence-corrected chi connectivity index (χ1v) is 7.68. The van der Waals surface area contributed by atoms with Crippen molar-refractivity contribution in [1.82, 2.24) is 20.0 Å². The molecule has 1 aromatic heterocycles. The Morgan fingerprint density at radius 3 is 3.05 bits per heavy atom. The van der Waals surface area contributed by atoms with E-state index in [0.717, 1.165) is 38.2 Å². The van der Waals surface area contributed by atoms with E-state index in [1.807, 2.05) is 23.6 Å². The summed E-state index contributed by atoms with van der Waals surface area (Å²) in [5, 5.41) is 7.37. The number of nitrogens with zero attached hydrogens (tertiary/aromatic N) is 3. The van der Waals surface area contributed by atoms with Crippen molar-refractivity contribution in [2.75, 3.05) is 26.7 Å². The molecule has 0 saturated carbocycles. The quantitative estimate of drug-likeness (QED) is 0.813. The van der Waals surface area contributed by atoms with Crippen LogP contribution in [0.25, 0.3) is 0 Å². The minimum atomic E-state index is 0.0496. The van der Waals surface area contributed by atoms with Gasteiger partial charge < -0.3 is 10.1 Å². The van der Waals surface area contributed by atoms with Crippen LogP contribution < -0.4 is 5.32 Å². The van der Waals surface area contributed by atoms with Crippen molar-refractivity contribution in [2.24, 2.45) is 0 Å². The number of hydrogen-bond acceptors (Lipinski definition) is 4. The van der Waals surface area contributed by atoms with Crippen molar-refractivity contribution in [3.05, 3.63) is 17.5 Å². The summed E-state index contributed by atoms with van der Waals surface area (Å²) in [6.45, 7) is 7.51. The summed E-state index contributed by atoms with van der Waals surface area (Å²) in [6.07, 6.45) is 4.40. The second kappa shape index (κ2) is 7.56. The normalized spacial score (nSPS) is 18.4. The molecule has 1 atom stereocenters. The lowest BCUT2D eigenvalue weighted by molar-refractivity contribution is -0.122. The monoisotopic (exact) mass is 294 g/mol. The smallest absolute Gasteiger partial charge is 0.234 e. The van der Waals surface area contributed by atoms with Crippen molar-refractivity contribution in [2.45, 2.75) is 45.9 Å². The van der Waals surface area contributed by atoms with Crippen LogP contribution in [-0.2, 0) is 22.6 Å². The lowest BCUT2D eigenvalue weighted by Gasteiger charge is -2.17. The van der Waals surface area contributed by atoms with Gasteiger partial charge in [0.15, 0.2) is 0 Å². The van der Waals surface area contributed by atoms with E-state index in [1.54, 1.807) is 0 Å².